The summed E-state index contributed by atoms with van der Waals surface area (Å²) in [5.41, 5.74) is 2.00. The van der Waals surface area contributed by atoms with Crippen molar-refractivity contribution in [2.45, 2.75) is 40.4 Å². The van der Waals surface area contributed by atoms with E-state index in [9.17, 15) is 9.59 Å². The van der Waals surface area contributed by atoms with Gasteiger partial charge in [-0.15, -0.1) is 0 Å². The van der Waals surface area contributed by atoms with Gasteiger partial charge in [-0.2, -0.15) is 0 Å². The van der Waals surface area contributed by atoms with Crippen LogP contribution in [0.3, 0.4) is 0 Å². The quantitative estimate of drug-likeness (QED) is 0.391. The third kappa shape index (κ3) is 6.26. The first kappa shape index (κ1) is 22.7. The van der Waals surface area contributed by atoms with Gasteiger partial charge in [-0.3, -0.25) is 9.59 Å². The van der Waals surface area contributed by atoms with Gasteiger partial charge in [0.2, 0.25) is 0 Å². The van der Waals surface area contributed by atoms with Crippen LogP contribution in [0.2, 0.25) is 0 Å². The minimum absolute atomic E-state index is 0.242. The molecule has 6 nitrogen and oxygen atoms in total. The van der Waals surface area contributed by atoms with Gasteiger partial charge in [0.05, 0.1) is 13.2 Å². The van der Waals surface area contributed by atoms with Gasteiger partial charge in [0.15, 0.2) is 5.79 Å². The molecule has 0 bridgehead atoms. The topological polar surface area (TPSA) is 71.1 Å². The number of carbonyl (C=O) groups is 2. The Morgan fingerprint density at radius 2 is 1.48 bits per heavy atom. The lowest BCUT2D eigenvalue weighted by molar-refractivity contribution is -0.279. The normalized spacial score (nSPS) is 17.3. The van der Waals surface area contributed by atoms with Crippen LogP contribution >= 0.6 is 0 Å². The number of ether oxygens (including phenoxy) is 4. The van der Waals surface area contributed by atoms with E-state index in [1.54, 1.807) is 25.1 Å². The summed E-state index contributed by atoms with van der Waals surface area (Å²) < 4.78 is 21.9. The van der Waals surface area contributed by atoms with Crippen LogP contribution in [0.15, 0.2) is 42.5 Å². The van der Waals surface area contributed by atoms with E-state index in [0.717, 1.165) is 16.7 Å². The van der Waals surface area contributed by atoms with Crippen molar-refractivity contribution in [2.24, 2.45) is 5.41 Å². The van der Waals surface area contributed by atoms with Gasteiger partial charge in [-0.05, 0) is 68.7 Å². The van der Waals surface area contributed by atoms with Crippen LogP contribution < -0.4 is 9.47 Å². The predicted molar refractivity (Wildman–Crippen MR) is 118 cm³/mol. The number of rotatable bonds is 5. The van der Waals surface area contributed by atoms with Crippen molar-refractivity contribution in [1.29, 1.82) is 0 Å². The minimum atomic E-state index is -0.848. The highest BCUT2D eigenvalue weighted by atomic mass is 16.7. The van der Waals surface area contributed by atoms with E-state index in [4.69, 9.17) is 18.9 Å². The van der Waals surface area contributed by atoms with Crippen molar-refractivity contribution in [2.75, 3.05) is 13.2 Å². The number of esters is 2. The zero-order chi connectivity index (χ0) is 22.6. The highest BCUT2D eigenvalue weighted by molar-refractivity contribution is 5.79. The lowest BCUT2D eigenvalue weighted by Crippen LogP contribution is -2.50. The van der Waals surface area contributed by atoms with Crippen molar-refractivity contribution in [3.8, 4) is 11.5 Å². The standard InChI is InChI=1S/C25H28O6/c1-17-12-20(14-22(13-17)30-18(2)26)7-6-19-8-10-21(11-9-19)31-23(27)25(5)15-28-24(3,4)29-16-25/h6-14H,15-16H2,1-5H3/b7-6+. The maximum Gasteiger partial charge on any atom is 0.321 e. The number of carbonyl (C=O) groups excluding carboxylic acids is 2. The molecule has 2 aromatic rings. The van der Waals surface area contributed by atoms with Crippen LogP contribution in [0.1, 0.15) is 44.4 Å². The summed E-state index contributed by atoms with van der Waals surface area (Å²) in [6.07, 6.45) is 3.87. The molecule has 6 heteroatoms. The Morgan fingerprint density at radius 3 is 2.10 bits per heavy atom. The molecule has 1 aliphatic heterocycles. The molecule has 164 valence electrons. The average Bonchev–Trinajstić information content (AvgIpc) is 2.69. The van der Waals surface area contributed by atoms with E-state index >= 15 is 0 Å². The van der Waals surface area contributed by atoms with Crippen molar-refractivity contribution in [1.82, 2.24) is 0 Å². The first-order valence-electron chi connectivity index (χ1n) is 10.1. The second kappa shape index (κ2) is 9.04. The average molecular weight is 424 g/mol. The Morgan fingerprint density at radius 1 is 0.871 bits per heavy atom. The summed E-state index contributed by atoms with van der Waals surface area (Å²) in [6.45, 7) is 9.21. The molecule has 1 heterocycles. The molecule has 2 aromatic carbocycles. The van der Waals surface area contributed by atoms with Gasteiger partial charge in [-0.1, -0.05) is 30.4 Å². The van der Waals surface area contributed by atoms with Crippen molar-refractivity contribution in [3.63, 3.8) is 0 Å². The van der Waals surface area contributed by atoms with E-state index in [2.05, 4.69) is 0 Å². The maximum absolute atomic E-state index is 12.6. The fourth-order valence-electron chi connectivity index (χ4n) is 3.03. The Bertz CT molecular complexity index is 978. The molecule has 3 rings (SSSR count). The van der Waals surface area contributed by atoms with Gasteiger partial charge in [-0.25, -0.2) is 0 Å². The summed E-state index contributed by atoms with van der Waals surface area (Å²) in [4.78, 5) is 23.8. The minimum Gasteiger partial charge on any atom is -0.427 e. The van der Waals surface area contributed by atoms with Gasteiger partial charge >= 0.3 is 11.9 Å². The summed E-state index contributed by atoms with van der Waals surface area (Å²) in [6, 6.07) is 12.8. The molecule has 0 amide bonds. The Hall–Kier alpha value is -2.96. The SMILES string of the molecule is CC(=O)Oc1cc(C)cc(/C=C/c2ccc(OC(=O)C3(C)COC(C)(C)OC3)cc2)c1. The van der Waals surface area contributed by atoms with Gasteiger partial charge in [0.1, 0.15) is 16.9 Å². The molecular formula is C25H28O6. The van der Waals surface area contributed by atoms with E-state index in [-0.39, 0.29) is 25.2 Å². The molecule has 0 spiro atoms. The van der Waals surface area contributed by atoms with Crippen LogP contribution in [-0.2, 0) is 19.1 Å². The molecule has 0 saturated carbocycles. The summed E-state index contributed by atoms with van der Waals surface area (Å²) in [5, 5.41) is 0. The van der Waals surface area contributed by atoms with Gasteiger partial charge in [0.25, 0.3) is 0 Å². The molecule has 0 aliphatic carbocycles. The molecule has 0 unspecified atom stereocenters. The van der Waals surface area contributed by atoms with Crippen LogP contribution in [0.4, 0.5) is 0 Å². The molecule has 0 aromatic heterocycles. The van der Waals surface area contributed by atoms with Crippen molar-refractivity contribution in [3.05, 3.63) is 59.2 Å². The smallest absolute Gasteiger partial charge is 0.321 e. The molecule has 0 N–H and O–H groups in total. The summed E-state index contributed by atoms with van der Waals surface area (Å²) in [5.74, 6) is -0.453. The fourth-order valence-corrected chi connectivity index (χ4v) is 3.03. The predicted octanol–water partition coefficient (Wildman–Crippen LogP) is 4.79. The van der Waals surface area contributed by atoms with Gasteiger partial charge < -0.3 is 18.9 Å². The van der Waals surface area contributed by atoms with Crippen LogP contribution in [-0.4, -0.2) is 30.9 Å². The second-order valence-corrected chi connectivity index (χ2v) is 8.50. The van der Waals surface area contributed by atoms with Crippen LogP contribution in [0, 0.1) is 12.3 Å². The highest BCUT2D eigenvalue weighted by Gasteiger charge is 2.43. The van der Waals surface area contributed by atoms with Gasteiger partial charge in [0, 0.05) is 6.92 Å². The maximum atomic E-state index is 12.6. The monoisotopic (exact) mass is 424 g/mol. The zero-order valence-electron chi connectivity index (χ0n) is 18.6. The Balaban J connectivity index is 1.63. The first-order chi connectivity index (χ1) is 14.5. The summed E-state index contributed by atoms with van der Waals surface area (Å²) in [7, 11) is 0. The third-order valence-corrected chi connectivity index (χ3v) is 4.86. The third-order valence-electron chi connectivity index (χ3n) is 4.86. The summed E-state index contributed by atoms with van der Waals surface area (Å²) >= 11 is 0. The molecule has 1 fully saturated rings. The molecule has 0 radical (unpaired) electrons. The Kier molecular flexibility index (Phi) is 6.62. The zero-order valence-corrected chi connectivity index (χ0v) is 18.6. The first-order valence-corrected chi connectivity index (χ1v) is 10.1. The van der Waals surface area contributed by atoms with E-state index < -0.39 is 11.2 Å². The van der Waals surface area contributed by atoms with Crippen LogP contribution in [0.5, 0.6) is 11.5 Å². The molecule has 1 aliphatic rings. The number of aryl methyl sites for hydroxylation is 1. The van der Waals surface area contributed by atoms with E-state index in [0.29, 0.717) is 11.5 Å². The highest BCUT2D eigenvalue weighted by Crippen LogP contribution is 2.31. The molecule has 1 saturated heterocycles. The lowest BCUT2D eigenvalue weighted by atomic mass is 9.92. The molecule has 0 atom stereocenters. The van der Waals surface area contributed by atoms with Crippen molar-refractivity contribution < 1.29 is 28.5 Å². The van der Waals surface area contributed by atoms with Crippen LogP contribution in [0.25, 0.3) is 12.2 Å². The number of benzene rings is 2. The largest absolute Gasteiger partial charge is 0.427 e. The molecular weight excluding hydrogens is 396 g/mol. The van der Waals surface area contributed by atoms with Crippen molar-refractivity contribution >= 4 is 24.1 Å². The fraction of sp³-hybridized carbons (Fsp3) is 0.360. The van der Waals surface area contributed by atoms with E-state index in [1.807, 2.05) is 57.2 Å². The number of hydrogen-bond acceptors (Lipinski definition) is 6. The Labute approximate surface area is 182 Å². The number of hydrogen-bond donors (Lipinski definition) is 0. The second-order valence-electron chi connectivity index (χ2n) is 8.50. The lowest BCUT2D eigenvalue weighted by Gasteiger charge is -2.39. The molecule has 31 heavy (non-hydrogen) atoms. The van der Waals surface area contributed by atoms with E-state index in [1.165, 1.54) is 6.92 Å².